The van der Waals surface area contributed by atoms with Gasteiger partial charge in [0.1, 0.15) is 0 Å². The summed E-state index contributed by atoms with van der Waals surface area (Å²) in [6.45, 7) is 10.4. The van der Waals surface area contributed by atoms with Crippen molar-refractivity contribution in [1.29, 1.82) is 0 Å². The van der Waals surface area contributed by atoms with Crippen molar-refractivity contribution in [3.8, 4) is 0 Å². The zero-order chi connectivity index (χ0) is 17.2. The summed E-state index contributed by atoms with van der Waals surface area (Å²) in [5.74, 6) is 0.946. The Morgan fingerprint density at radius 2 is 2.04 bits per heavy atom. The van der Waals surface area contributed by atoms with Gasteiger partial charge in [0.05, 0.1) is 0 Å². The third-order valence-corrected chi connectivity index (χ3v) is 8.44. The fourth-order valence-corrected chi connectivity index (χ4v) is 7.59. The molecule has 3 fully saturated rings. The Kier molecular flexibility index (Phi) is 3.91. The molecule has 1 amide bonds. The first kappa shape index (κ1) is 17.0. The van der Waals surface area contributed by atoms with Crippen LogP contribution in [0.25, 0.3) is 0 Å². The van der Waals surface area contributed by atoms with Gasteiger partial charge in [-0.15, -0.1) is 11.8 Å². The van der Waals surface area contributed by atoms with E-state index in [1.807, 2.05) is 11.8 Å². The van der Waals surface area contributed by atoms with Gasteiger partial charge in [0.25, 0.3) is 5.91 Å². The summed E-state index contributed by atoms with van der Waals surface area (Å²) in [6, 6.07) is 0.478. The first-order chi connectivity index (χ1) is 11.3. The number of hydrogen-bond acceptors (Lipinski definition) is 2. The predicted molar refractivity (Wildman–Crippen MR) is 102 cm³/mol. The molecule has 0 aromatic heterocycles. The van der Waals surface area contributed by atoms with Crippen molar-refractivity contribution in [2.24, 2.45) is 16.7 Å². The highest BCUT2D eigenvalue weighted by molar-refractivity contribution is 8.04. The number of nitrogens with zero attached hydrogens (tertiary/aromatic N) is 1. The SMILES string of the molecule is CCCCCC12CC1C(C(=O)N1CC3(C)CC1CC(C)(C)C3)=CS2. The maximum absolute atomic E-state index is 13.3. The third-order valence-electron chi connectivity index (χ3n) is 6.95. The lowest BCUT2D eigenvalue weighted by atomic mass is 9.65. The number of amides is 1. The standard InChI is InChI=1S/C21H33NOS/c1-5-6-7-8-21-11-17(21)16(12-24-21)18(23)22-14-20(4)10-15(22)9-19(2,3)13-20/h12,15,17H,5-11,13-14H2,1-4H3. The zero-order valence-corrected chi connectivity index (χ0v) is 16.7. The summed E-state index contributed by atoms with van der Waals surface area (Å²) in [4.78, 5) is 15.6. The molecule has 2 saturated carbocycles. The van der Waals surface area contributed by atoms with E-state index in [1.54, 1.807) is 0 Å². The molecule has 0 aromatic carbocycles. The molecule has 4 atom stereocenters. The third kappa shape index (κ3) is 2.75. The molecular weight excluding hydrogens is 314 g/mol. The van der Waals surface area contributed by atoms with Gasteiger partial charge >= 0.3 is 0 Å². The van der Waals surface area contributed by atoms with Crippen LogP contribution in [-0.4, -0.2) is 28.1 Å². The van der Waals surface area contributed by atoms with Crippen LogP contribution in [0.2, 0.25) is 0 Å². The highest BCUT2D eigenvalue weighted by Gasteiger charge is 2.61. The Hall–Kier alpha value is -0.440. The monoisotopic (exact) mass is 347 g/mol. The molecule has 4 unspecified atom stereocenters. The molecule has 2 aliphatic heterocycles. The number of carbonyl (C=O) groups is 1. The molecule has 0 radical (unpaired) electrons. The normalized spacial score (nSPS) is 42.0. The number of carbonyl (C=O) groups excluding carboxylic acids is 1. The Bertz CT molecular complexity index is 582. The van der Waals surface area contributed by atoms with E-state index in [4.69, 9.17) is 0 Å². The maximum atomic E-state index is 13.3. The Balaban J connectivity index is 1.43. The van der Waals surface area contributed by atoms with E-state index in [1.165, 1.54) is 51.4 Å². The van der Waals surface area contributed by atoms with Crippen LogP contribution in [0.5, 0.6) is 0 Å². The summed E-state index contributed by atoms with van der Waals surface area (Å²) < 4.78 is 0.415. The molecule has 0 aromatic rings. The smallest absolute Gasteiger partial charge is 0.250 e. The summed E-state index contributed by atoms with van der Waals surface area (Å²) in [6.07, 6.45) is 10.2. The molecule has 24 heavy (non-hydrogen) atoms. The fraction of sp³-hybridized carbons (Fsp3) is 0.857. The minimum absolute atomic E-state index is 0.343. The maximum Gasteiger partial charge on any atom is 0.250 e. The van der Waals surface area contributed by atoms with E-state index in [-0.39, 0.29) is 0 Å². The lowest BCUT2D eigenvalue weighted by molar-refractivity contribution is -0.128. The second-order valence-electron chi connectivity index (χ2n) is 10.1. The molecule has 2 nitrogen and oxygen atoms in total. The molecule has 2 heterocycles. The van der Waals surface area contributed by atoms with Crippen LogP contribution in [0.15, 0.2) is 11.0 Å². The van der Waals surface area contributed by atoms with Gasteiger partial charge in [-0.1, -0.05) is 47.0 Å². The van der Waals surface area contributed by atoms with Crippen LogP contribution in [0.3, 0.4) is 0 Å². The Labute approximate surface area is 151 Å². The zero-order valence-electron chi connectivity index (χ0n) is 15.9. The van der Waals surface area contributed by atoms with Crippen molar-refractivity contribution < 1.29 is 4.79 Å². The lowest BCUT2D eigenvalue weighted by Crippen LogP contribution is -2.38. The topological polar surface area (TPSA) is 20.3 Å². The molecule has 3 heteroatoms. The first-order valence-electron chi connectivity index (χ1n) is 9.96. The number of unbranched alkanes of at least 4 members (excludes halogenated alkanes) is 2. The van der Waals surface area contributed by atoms with Gasteiger partial charge in [-0.3, -0.25) is 4.79 Å². The average Bonchev–Trinajstić information content (AvgIpc) is 2.97. The quantitative estimate of drug-likeness (QED) is 0.622. The summed E-state index contributed by atoms with van der Waals surface area (Å²) in [5, 5.41) is 2.23. The van der Waals surface area contributed by atoms with E-state index < -0.39 is 0 Å². The van der Waals surface area contributed by atoms with Crippen LogP contribution >= 0.6 is 11.8 Å². The van der Waals surface area contributed by atoms with Crippen LogP contribution in [-0.2, 0) is 4.79 Å². The van der Waals surface area contributed by atoms with Gasteiger partial charge in [0.2, 0.25) is 0 Å². The van der Waals surface area contributed by atoms with Crippen molar-refractivity contribution in [2.75, 3.05) is 6.54 Å². The van der Waals surface area contributed by atoms with E-state index in [0.717, 1.165) is 12.1 Å². The van der Waals surface area contributed by atoms with Crippen LogP contribution in [0, 0.1) is 16.7 Å². The minimum atomic E-state index is 0.343. The second-order valence-corrected chi connectivity index (χ2v) is 11.4. The second kappa shape index (κ2) is 5.53. The largest absolute Gasteiger partial charge is 0.335 e. The van der Waals surface area contributed by atoms with Crippen LogP contribution < -0.4 is 0 Å². The van der Waals surface area contributed by atoms with Gasteiger partial charge in [-0.25, -0.2) is 0 Å². The van der Waals surface area contributed by atoms with Crippen molar-refractivity contribution in [3.63, 3.8) is 0 Å². The van der Waals surface area contributed by atoms with Crippen molar-refractivity contribution >= 4 is 17.7 Å². The molecule has 0 N–H and O–H groups in total. The number of hydrogen-bond donors (Lipinski definition) is 0. The average molecular weight is 348 g/mol. The first-order valence-corrected chi connectivity index (χ1v) is 10.8. The highest BCUT2D eigenvalue weighted by Crippen LogP contribution is 2.66. The Morgan fingerprint density at radius 1 is 1.25 bits per heavy atom. The lowest BCUT2D eigenvalue weighted by Gasteiger charge is -2.39. The summed E-state index contributed by atoms with van der Waals surface area (Å²) in [5.41, 5.74) is 1.89. The molecular formula is C21H33NOS. The summed E-state index contributed by atoms with van der Waals surface area (Å²) >= 11 is 1.98. The molecule has 134 valence electrons. The van der Waals surface area contributed by atoms with Gasteiger partial charge in [-0.05, 0) is 48.3 Å². The van der Waals surface area contributed by atoms with E-state index in [9.17, 15) is 4.79 Å². The van der Waals surface area contributed by atoms with Gasteiger partial charge in [0, 0.05) is 28.8 Å². The van der Waals surface area contributed by atoms with E-state index >= 15 is 0 Å². The molecule has 4 rings (SSSR count). The van der Waals surface area contributed by atoms with Crippen molar-refractivity contribution in [1.82, 2.24) is 4.90 Å². The van der Waals surface area contributed by atoms with Gasteiger partial charge < -0.3 is 4.90 Å². The van der Waals surface area contributed by atoms with Crippen molar-refractivity contribution in [2.45, 2.75) is 89.9 Å². The number of likely N-dealkylation sites (tertiary alicyclic amines) is 1. The van der Waals surface area contributed by atoms with Gasteiger partial charge in [0.15, 0.2) is 0 Å². The van der Waals surface area contributed by atoms with E-state index in [0.29, 0.717) is 33.4 Å². The van der Waals surface area contributed by atoms with Crippen LogP contribution in [0.1, 0.15) is 79.1 Å². The Morgan fingerprint density at radius 3 is 2.75 bits per heavy atom. The minimum Gasteiger partial charge on any atom is -0.335 e. The predicted octanol–water partition coefficient (Wildman–Crippen LogP) is 5.38. The highest BCUT2D eigenvalue weighted by atomic mass is 32.2. The molecule has 2 bridgehead atoms. The van der Waals surface area contributed by atoms with E-state index in [2.05, 4.69) is 38.0 Å². The number of rotatable bonds is 5. The summed E-state index contributed by atoms with van der Waals surface area (Å²) in [7, 11) is 0. The van der Waals surface area contributed by atoms with Gasteiger partial charge in [-0.2, -0.15) is 0 Å². The molecule has 4 aliphatic rings. The molecule has 2 aliphatic carbocycles. The fourth-order valence-electron chi connectivity index (χ4n) is 6.15. The van der Waals surface area contributed by atoms with Crippen LogP contribution in [0.4, 0.5) is 0 Å². The molecule has 1 saturated heterocycles. The van der Waals surface area contributed by atoms with Crippen molar-refractivity contribution in [3.05, 3.63) is 11.0 Å². The number of thioether (sulfide) groups is 1. The molecule has 0 spiro atoms. The number of fused-ring (bicyclic) bond motifs is 3.